The number of allylic oxidation sites excluding steroid dienone is 13. The van der Waals surface area contributed by atoms with Crippen LogP contribution in [-0.4, -0.2) is 9.13 Å². The molecule has 2 heterocycles. The fraction of sp³-hybridized carbons (Fsp3) is 0.143. The van der Waals surface area contributed by atoms with Crippen LogP contribution in [-0.2, 0) is 6.42 Å². The Morgan fingerprint density at radius 2 is 1.30 bits per heavy atom. The molecule has 3 atom stereocenters. The van der Waals surface area contributed by atoms with E-state index in [1.54, 1.807) is 6.08 Å². The second-order valence-electron chi connectivity index (χ2n) is 18.4. The molecule has 8 aromatic rings. The fourth-order valence-electron chi connectivity index (χ4n) is 10.7. The lowest BCUT2D eigenvalue weighted by Crippen LogP contribution is -2.23. The second-order valence-corrected chi connectivity index (χ2v) is 18.4. The van der Waals surface area contributed by atoms with E-state index in [9.17, 15) is 8.78 Å². The normalized spacial score (nSPS) is 17.9. The van der Waals surface area contributed by atoms with E-state index in [2.05, 4.69) is 190 Å². The number of fused-ring (bicyclic) bond motifs is 6. The van der Waals surface area contributed by atoms with E-state index >= 15 is 0 Å². The number of aromatic nitrogens is 2. The number of nitrogens with zero attached hydrogens (tertiary/aromatic N) is 4. The quantitative estimate of drug-likeness (QED) is 0.100. The first-order chi connectivity index (χ1) is 33.8. The molecule has 338 valence electrons. The zero-order chi connectivity index (χ0) is 47.2. The molecule has 6 heteroatoms. The van der Waals surface area contributed by atoms with E-state index in [-0.39, 0.29) is 23.6 Å². The summed E-state index contributed by atoms with van der Waals surface area (Å²) in [6.07, 6.45) is 30.8. The Morgan fingerprint density at radius 1 is 0.667 bits per heavy atom. The van der Waals surface area contributed by atoms with Gasteiger partial charge in [-0.25, -0.2) is 8.78 Å². The third kappa shape index (κ3) is 7.94. The average Bonchev–Trinajstić information content (AvgIpc) is 3.87. The third-order valence-electron chi connectivity index (χ3n) is 13.9. The summed E-state index contributed by atoms with van der Waals surface area (Å²) in [4.78, 5) is 4.47. The molecule has 69 heavy (non-hydrogen) atoms. The number of rotatable bonds is 10. The van der Waals surface area contributed by atoms with Gasteiger partial charge in [0, 0.05) is 91.0 Å². The minimum Gasteiger partial charge on any atom is -0.333 e. The topological polar surface area (TPSA) is 16.3 Å². The maximum atomic E-state index is 14.7. The molecule has 0 spiro atoms. The monoisotopic (exact) mass is 902 g/mol. The first-order valence-corrected chi connectivity index (χ1v) is 23.9. The fourth-order valence-corrected chi connectivity index (χ4v) is 10.7. The molecule has 0 saturated heterocycles. The van der Waals surface area contributed by atoms with Gasteiger partial charge in [0.1, 0.15) is 11.6 Å². The molecule has 11 rings (SSSR count). The molecule has 0 fully saturated rings. The molecule has 3 aliphatic rings. The highest BCUT2D eigenvalue weighted by Crippen LogP contribution is 2.44. The number of halogens is 2. The number of hydrogen-bond donors (Lipinski definition) is 0. The number of terminal acetylenes is 1. The van der Waals surface area contributed by atoms with Crippen molar-refractivity contribution in [3.05, 3.63) is 223 Å². The molecule has 0 N–H and O–H groups in total. The highest BCUT2D eigenvalue weighted by Gasteiger charge is 2.27. The Hall–Kier alpha value is -8.14. The van der Waals surface area contributed by atoms with Crippen molar-refractivity contribution in [2.75, 3.05) is 9.80 Å². The lowest BCUT2D eigenvalue weighted by atomic mass is 9.94. The molecule has 0 radical (unpaired) electrons. The van der Waals surface area contributed by atoms with Gasteiger partial charge in [0.05, 0.1) is 17.3 Å². The summed E-state index contributed by atoms with van der Waals surface area (Å²) in [6, 6.07) is 46.1. The van der Waals surface area contributed by atoms with Crippen LogP contribution >= 0.6 is 0 Å². The van der Waals surface area contributed by atoms with Crippen LogP contribution in [0, 0.1) is 30.0 Å². The van der Waals surface area contributed by atoms with Crippen LogP contribution in [0.1, 0.15) is 50.9 Å². The summed E-state index contributed by atoms with van der Waals surface area (Å²) in [5.41, 5.74) is 14.8. The van der Waals surface area contributed by atoms with Gasteiger partial charge in [0.25, 0.3) is 0 Å². The van der Waals surface area contributed by atoms with Gasteiger partial charge in [0.2, 0.25) is 0 Å². The summed E-state index contributed by atoms with van der Waals surface area (Å²) >= 11 is 0. The molecule has 0 bridgehead atoms. The Kier molecular flexibility index (Phi) is 11.4. The summed E-state index contributed by atoms with van der Waals surface area (Å²) < 4.78 is 33.9. The van der Waals surface area contributed by atoms with Gasteiger partial charge in [0.15, 0.2) is 0 Å². The van der Waals surface area contributed by atoms with E-state index in [1.807, 2.05) is 37.3 Å². The lowest BCUT2D eigenvalue weighted by Gasteiger charge is -2.33. The molecule has 2 aromatic heterocycles. The Balaban J connectivity index is 0.960. The van der Waals surface area contributed by atoms with E-state index in [0.29, 0.717) is 12.3 Å². The van der Waals surface area contributed by atoms with E-state index in [1.165, 1.54) is 45.2 Å². The van der Waals surface area contributed by atoms with Gasteiger partial charge in [-0.3, -0.25) is 0 Å². The van der Waals surface area contributed by atoms with Gasteiger partial charge in [-0.15, -0.1) is 6.42 Å². The molecular formula is C63H52F2N4. The number of para-hydroxylation sites is 1. The molecular weight excluding hydrogens is 851 g/mol. The van der Waals surface area contributed by atoms with E-state index in [4.69, 9.17) is 6.42 Å². The van der Waals surface area contributed by atoms with Crippen molar-refractivity contribution in [3.63, 3.8) is 0 Å². The van der Waals surface area contributed by atoms with Crippen LogP contribution in [0.2, 0.25) is 0 Å². The first-order valence-electron chi connectivity index (χ1n) is 23.9. The van der Waals surface area contributed by atoms with Crippen LogP contribution in [0.3, 0.4) is 0 Å². The maximum Gasteiger partial charge on any atom is 0.123 e. The predicted molar refractivity (Wildman–Crippen MR) is 286 cm³/mol. The zero-order valence-electron chi connectivity index (χ0n) is 39.0. The Morgan fingerprint density at radius 3 is 1.99 bits per heavy atom. The predicted octanol–water partition coefficient (Wildman–Crippen LogP) is 17.3. The summed E-state index contributed by atoms with van der Waals surface area (Å²) in [7, 11) is 0. The Labute approximate surface area is 403 Å². The maximum absolute atomic E-state index is 14.7. The first kappa shape index (κ1) is 43.4. The van der Waals surface area contributed by atoms with Gasteiger partial charge in [-0.2, -0.15) is 0 Å². The van der Waals surface area contributed by atoms with Crippen molar-refractivity contribution >= 4 is 72.9 Å². The number of benzene rings is 6. The highest BCUT2D eigenvalue weighted by atomic mass is 19.1. The van der Waals surface area contributed by atoms with Crippen LogP contribution in [0.5, 0.6) is 0 Å². The summed E-state index contributed by atoms with van der Waals surface area (Å²) in [6.45, 7) is 6.34. The lowest BCUT2D eigenvalue weighted by molar-refractivity contribution is 0.516. The molecule has 4 nitrogen and oxygen atoms in total. The minimum absolute atomic E-state index is 0.0327. The number of hydrogen-bond acceptors (Lipinski definition) is 2. The molecule has 3 unspecified atom stereocenters. The Bertz CT molecular complexity index is 3550. The van der Waals surface area contributed by atoms with Crippen molar-refractivity contribution in [1.29, 1.82) is 0 Å². The summed E-state index contributed by atoms with van der Waals surface area (Å²) in [5, 5.41) is 3.52. The molecule has 0 amide bonds. The highest BCUT2D eigenvalue weighted by molar-refractivity contribution is 6.09. The molecule has 6 aromatic carbocycles. The van der Waals surface area contributed by atoms with Crippen molar-refractivity contribution in [2.24, 2.45) is 11.8 Å². The molecule has 0 saturated carbocycles. The molecule has 0 aliphatic heterocycles. The van der Waals surface area contributed by atoms with Crippen LogP contribution in [0.4, 0.5) is 37.2 Å². The minimum atomic E-state index is -0.287. The van der Waals surface area contributed by atoms with Gasteiger partial charge >= 0.3 is 0 Å². The van der Waals surface area contributed by atoms with Crippen molar-refractivity contribution < 1.29 is 8.78 Å². The zero-order valence-corrected chi connectivity index (χ0v) is 39.0. The molecule has 3 aliphatic carbocycles. The van der Waals surface area contributed by atoms with Gasteiger partial charge < -0.3 is 18.9 Å². The van der Waals surface area contributed by atoms with Crippen molar-refractivity contribution in [2.45, 2.75) is 46.1 Å². The van der Waals surface area contributed by atoms with Gasteiger partial charge in [-0.05, 0) is 146 Å². The van der Waals surface area contributed by atoms with Crippen LogP contribution in [0.15, 0.2) is 206 Å². The standard InChI is InChI=1S/C63H52F2N4/c1-5-12-48(13-6-2)69-62-36-32-53(40-58(62)56-34-18-42(3)38-63(56)69)66(51-30-23-46(64)24-31-51)50-26-19-44(20-27-50)45-21-28-52(29-22-45)67(59-35-25-47(65)39-43(59)4)54-33-37-61-57(41-54)55-16-10-11-17-60(55)68(61)49-14-8-7-9-15-49/h1,6-14,16-37,40-43,49H,15,38-39H2,2-4H3/b13-6-,48-12+. The van der Waals surface area contributed by atoms with E-state index in [0.717, 1.165) is 74.7 Å². The van der Waals surface area contributed by atoms with Crippen molar-refractivity contribution in [1.82, 2.24) is 9.13 Å². The SMILES string of the molecule is C#C/C=C(\C=C/C)n1c2c(c3cc(N(c4ccc(F)cc4)c4ccc(-c5ccc(N(C6=CC=C(F)CC6C)c6ccc7c(c6)c6ccccc6n7C6C=CC=CC6)cc5)cc4)ccc31)C=CC(C)C2. The average molecular weight is 903 g/mol. The third-order valence-corrected chi connectivity index (χ3v) is 13.9. The smallest absolute Gasteiger partial charge is 0.123 e. The summed E-state index contributed by atoms with van der Waals surface area (Å²) in [5.74, 6) is 2.72. The van der Waals surface area contributed by atoms with Crippen LogP contribution in [0.25, 0.3) is 55.6 Å². The van der Waals surface area contributed by atoms with Crippen molar-refractivity contribution in [3.8, 4) is 23.5 Å². The second kappa shape index (κ2) is 18.2. The number of anilines is 5. The largest absolute Gasteiger partial charge is 0.333 e. The van der Waals surface area contributed by atoms with E-state index < -0.39 is 0 Å². The van der Waals surface area contributed by atoms with Crippen LogP contribution < -0.4 is 9.80 Å². The van der Waals surface area contributed by atoms with Gasteiger partial charge in [-0.1, -0.05) is 105 Å².